The molecule has 0 spiro atoms. The van der Waals surface area contributed by atoms with Gasteiger partial charge in [0.15, 0.2) is 16.6 Å². The third kappa shape index (κ3) is 4.50. The topological polar surface area (TPSA) is 34.3 Å². The lowest BCUT2D eigenvalue weighted by Crippen LogP contribution is -2.43. The summed E-state index contributed by atoms with van der Waals surface area (Å²) in [6, 6.07) is 46.7. The minimum Gasteiger partial charge on any atom is -0.455 e. The minimum absolute atomic E-state index is 0.0507. The first kappa shape index (κ1) is 31.0. The molecule has 0 saturated heterocycles. The highest BCUT2D eigenvalue weighted by Crippen LogP contribution is 2.44. The number of aromatic nitrogens is 2. The van der Waals surface area contributed by atoms with Gasteiger partial charge in [0.2, 0.25) is 0 Å². The number of aryl methyl sites for hydroxylation is 2. The van der Waals surface area contributed by atoms with Gasteiger partial charge in [0.1, 0.15) is 23.4 Å². The second-order valence-electron chi connectivity index (χ2n) is 15.0. The average Bonchev–Trinajstić information content (AvgIpc) is 3.72. The van der Waals surface area contributed by atoms with Crippen LogP contribution in [0.2, 0.25) is 0 Å². The quantitative estimate of drug-likeness (QED) is 0.131. The summed E-state index contributed by atoms with van der Waals surface area (Å²) in [6.45, 7) is 9.27. The third-order valence-electron chi connectivity index (χ3n) is 11.8. The van der Waals surface area contributed by atoms with Crippen molar-refractivity contribution in [3.63, 3.8) is 0 Å². The highest BCUT2D eigenvalue weighted by Gasteiger charge is 2.38. The zero-order valence-electron chi connectivity index (χ0n) is 30.4. The van der Waals surface area contributed by atoms with Crippen LogP contribution in [0.4, 0.5) is 0 Å². The number of benzene rings is 7. The number of fused-ring (bicyclic) bond motifs is 14. The molecule has 9 aromatic rings. The van der Waals surface area contributed by atoms with E-state index in [0.29, 0.717) is 0 Å². The van der Waals surface area contributed by atoms with E-state index in [9.17, 15) is 0 Å². The molecular weight excluding hydrogens is 659 g/mol. The zero-order chi connectivity index (χ0) is 36.1. The number of imidazole rings is 1. The highest BCUT2D eigenvalue weighted by molar-refractivity contribution is 6.12. The first-order valence-electron chi connectivity index (χ1n) is 18.9. The van der Waals surface area contributed by atoms with Crippen molar-refractivity contribution < 1.29 is 8.98 Å². The fraction of sp³-hybridized carbons (Fsp3) is 0.120. The lowest BCUT2D eigenvalue weighted by atomic mass is 9.82. The van der Waals surface area contributed by atoms with Crippen LogP contribution in [0, 0.1) is 13.8 Å². The zero-order valence-corrected chi connectivity index (χ0v) is 30.4. The van der Waals surface area contributed by atoms with Crippen molar-refractivity contribution in [3.05, 3.63) is 180 Å². The Morgan fingerprint density at radius 3 is 2.44 bits per heavy atom. The average molecular weight is 697 g/mol. The van der Waals surface area contributed by atoms with E-state index in [1.54, 1.807) is 0 Å². The van der Waals surface area contributed by atoms with Crippen LogP contribution in [0.25, 0.3) is 71.6 Å². The Balaban J connectivity index is 1.35. The number of furan rings is 1. The van der Waals surface area contributed by atoms with Gasteiger partial charge in [-0.15, -0.1) is 0 Å². The molecule has 4 heterocycles. The Labute approximate surface area is 313 Å². The van der Waals surface area contributed by atoms with Gasteiger partial charge in [-0.25, -0.2) is 4.57 Å². The van der Waals surface area contributed by atoms with E-state index < -0.39 is 0 Å². The van der Waals surface area contributed by atoms with E-state index >= 15 is 0 Å². The molecule has 0 N–H and O–H groups in total. The largest absolute Gasteiger partial charge is 0.455 e. The second-order valence-corrected chi connectivity index (χ2v) is 15.0. The van der Waals surface area contributed by atoms with Gasteiger partial charge in [-0.3, -0.25) is 4.99 Å². The fourth-order valence-electron chi connectivity index (χ4n) is 9.40. The van der Waals surface area contributed by atoms with Crippen LogP contribution in [0.1, 0.15) is 33.7 Å². The Bertz CT molecular complexity index is 3110. The summed E-state index contributed by atoms with van der Waals surface area (Å²) in [7, 11) is 0. The van der Waals surface area contributed by atoms with Crippen molar-refractivity contribution in [2.75, 3.05) is 0 Å². The van der Waals surface area contributed by atoms with Crippen LogP contribution >= 0.6 is 0 Å². The third-order valence-corrected chi connectivity index (χ3v) is 11.8. The van der Waals surface area contributed by atoms with E-state index in [4.69, 9.17) is 9.41 Å². The summed E-state index contributed by atoms with van der Waals surface area (Å²) in [5.41, 5.74) is 13.6. The lowest BCUT2D eigenvalue weighted by Gasteiger charge is -2.29. The summed E-state index contributed by atoms with van der Waals surface area (Å²) in [5.74, 6) is 1.21. The van der Waals surface area contributed by atoms with Crippen LogP contribution in [0.3, 0.4) is 0 Å². The Morgan fingerprint density at radius 2 is 1.57 bits per heavy atom. The van der Waals surface area contributed by atoms with Crippen LogP contribution < -0.4 is 4.57 Å². The standard InChI is InChI=1S/C50H38N3O/c1-4-41-38-20-10-9-19-37(38)40-29-52-44-27-33-14-5-6-15-34(33)28-45(44)53(43-22-12-16-32-13-7-8-18-36(32)43)50(52)48-35(17-11-21-42(40)51-41)26-31(3)47-39-24-23-30(2)25-46(39)54-49(47)48/h4-16,18-28,40,42H,1,17,29H2,2-3H3/q+1/b21-11+. The van der Waals surface area contributed by atoms with Gasteiger partial charge in [-0.05, 0) is 89.0 Å². The molecule has 11 rings (SSSR count). The molecule has 0 aliphatic carbocycles. The molecular formula is C50H38N3O+. The molecule has 4 heteroatoms. The molecule has 0 fully saturated rings. The molecule has 2 aliphatic heterocycles. The fourth-order valence-corrected chi connectivity index (χ4v) is 9.40. The van der Waals surface area contributed by atoms with Crippen molar-refractivity contribution in [2.24, 2.45) is 4.99 Å². The molecule has 7 aromatic carbocycles. The van der Waals surface area contributed by atoms with E-state index in [1.165, 1.54) is 54.7 Å². The van der Waals surface area contributed by atoms with Crippen molar-refractivity contribution in [1.82, 2.24) is 4.57 Å². The van der Waals surface area contributed by atoms with Crippen LogP contribution in [0.5, 0.6) is 0 Å². The van der Waals surface area contributed by atoms with E-state index in [-0.39, 0.29) is 12.0 Å². The first-order chi connectivity index (χ1) is 26.6. The smallest absolute Gasteiger partial charge is 0.299 e. The summed E-state index contributed by atoms with van der Waals surface area (Å²) in [4.78, 5) is 5.38. The van der Waals surface area contributed by atoms with E-state index in [2.05, 4.69) is 169 Å². The molecule has 0 bridgehead atoms. The van der Waals surface area contributed by atoms with Crippen LogP contribution in [-0.4, -0.2) is 16.3 Å². The Morgan fingerprint density at radius 1 is 0.796 bits per heavy atom. The normalized spacial score (nSPS) is 17.3. The molecule has 2 atom stereocenters. The Hall–Kier alpha value is -6.52. The molecule has 4 nitrogen and oxygen atoms in total. The van der Waals surface area contributed by atoms with Crippen molar-refractivity contribution in [3.8, 4) is 17.1 Å². The van der Waals surface area contributed by atoms with Gasteiger partial charge in [0, 0.05) is 27.6 Å². The summed E-state index contributed by atoms with van der Waals surface area (Å²) >= 11 is 0. The number of aliphatic imine (C=N–C) groups is 1. The summed E-state index contributed by atoms with van der Waals surface area (Å²) < 4.78 is 12.2. The number of nitrogens with zero attached hydrogens (tertiary/aromatic N) is 3. The van der Waals surface area contributed by atoms with Gasteiger partial charge < -0.3 is 4.42 Å². The van der Waals surface area contributed by atoms with Gasteiger partial charge in [0.05, 0.1) is 11.8 Å². The lowest BCUT2D eigenvalue weighted by molar-refractivity contribution is -0.663. The van der Waals surface area contributed by atoms with Crippen LogP contribution in [0.15, 0.2) is 162 Å². The van der Waals surface area contributed by atoms with E-state index in [1.807, 2.05) is 6.08 Å². The maximum atomic E-state index is 7.10. The van der Waals surface area contributed by atoms with Crippen molar-refractivity contribution >= 4 is 60.2 Å². The van der Waals surface area contributed by atoms with Crippen molar-refractivity contribution in [2.45, 2.75) is 38.8 Å². The van der Waals surface area contributed by atoms with Gasteiger partial charge in [0.25, 0.3) is 5.82 Å². The first-order valence-corrected chi connectivity index (χ1v) is 18.9. The maximum absolute atomic E-state index is 7.10. The van der Waals surface area contributed by atoms with Gasteiger partial charge >= 0.3 is 0 Å². The predicted molar refractivity (Wildman–Crippen MR) is 223 cm³/mol. The molecule has 0 radical (unpaired) electrons. The van der Waals surface area contributed by atoms with Gasteiger partial charge in [-0.2, -0.15) is 4.57 Å². The number of hydrogen-bond acceptors (Lipinski definition) is 2. The second kappa shape index (κ2) is 11.7. The minimum atomic E-state index is -0.0507. The predicted octanol–water partition coefficient (Wildman–Crippen LogP) is 11.7. The number of hydrogen-bond donors (Lipinski definition) is 0. The number of rotatable bonds is 2. The molecule has 2 unspecified atom stereocenters. The molecule has 0 amide bonds. The SMILES string of the molecule is C=CC1=NC2/C=C/Cc3cc(C)c4c(oc5cc(C)ccc54)c3-c3n(-c4cccc5ccccc45)c4cc5ccccc5cc4[n+]3CC2c2ccccc21. The molecule has 2 aliphatic rings. The van der Waals surface area contributed by atoms with Crippen molar-refractivity contribution in [1.29, 1.82) is 0 Å². The van der Waals surface area contributed by atoms with Gasteiger partial charge in [-0.1, -0.05) is 122 Å². The molecule has 0 saturated carbocycles. The maximum Gasteiger partial charge on any atom is 0.299 e. The monoisotopic (exact) mass is 696 g/mol. The summed E-state index contributed by atoms with van der Waals surface area (Å²) in [6.07, 6.45) is 7.32. The molecule has 54 heavy (non-hydrogen) atoms. The van der Waals surface area contributed by atoms with E-state index in [0.717, 1.165) is 63.4 Å². The number of allylic oxidation sites excluding steroid dienone is 2. The van der Waals surface area contributed by atoms with Crippen LogP contribution in [-0.2, 0) is 13.0 Å². The Kier molecular flexibility index (Phi) is 6.75. The summed E-state index contributed by atoms with van der Waals surface area (Å²) in [5, 5.41) is 7.17. The molecule has 2 aromatic heterocycles. The highest BCUT2D eigenvalue weighted by atomic mass is 16.3. The molecule has 258 valence electrons.